The molecular formula is C18H20N2O2S2. The summed E-state index contributed by atoms with van der Waals surface area (Å²) in [5, 5.41) is 1.82. The topological polar surface area (TPSA) is 52.1 Å². The molecule has 0 amide bonds. The molecule has 1 aromatic carbocycles. The van der Waals surface area contributed by atoms with Gasteiger partial charge < -0.3 is 4.74 Å². The number of hydrogen-bond acceptors (Lipinski definition) is 6. The monoisotopic (exact) mass is 360 g/mol. The van der Waals surface area contributed by atoms with Gasteiger partial charge >= 0.3 is 5.97 Å². The van der Waals surface area contributed by atoms with Crippen molar-refractivity contribution in [3.63, 3.8) is 0 Å². The molecule has 0 N–H and O–H groups in total. The summed E-state index contributed by atoms with van der Waals surface area (Å²) in [7, 11) is 0. The van der Waals surface area contributed by atoms with Gasteiger partial charge in [0.1, 0.15) is 21.1 Å². The Morgan fingerprint density at radius 2 is 2.04 bits per heavy atom. The zero-order chi connectivity index (χ0) is 17.2. The number of benzene rings is 1. The summed E-state index contributed by atoms with van der Waals surface area (Å²) in [6, 6.07) is 8.37. The van der Waals surface area contributed by atoms with E-state index >= 15 is 0 Å². The number of rotatable bonds is 5. The van der Waals surface area contributed by atoms with E-state index in [2.05, 4.69) is 41.2 Å². The molecule has 0 spiro atoms. The highest BCUT2D eigenvalue weighted by Crippen LogP contribution is 2.49. The molecule has 24 heavy (non-hydrogen) atoms. The third-order valence-electron chi connectivity index (χ3n) is 4.07. The lowest BCUT2D eigenvalue weighted by Gasteiger charge is -2.23. The van der Waals surface area contributed by atoms with Gasteiger partial charge in [-0.1, -0.05) is 48.1 Å². The molecule has 126 valence electrons. The number of fused-ring (bicyclic) bond motifs is 1. The van der Waals surface area contributed by atoms with Crippen LogP contribution in [0.1, 0.15) is 31.4 Å². The van der Waals surface area contributed by atoms with Gasteiger partial charge in [-0.05, 0) is 32.4 Å². The quantitative estimate of drug-likeness (QED) is 0.585. The van der Waals surface area contributed by atoms with Crippen molar-refractivity contribution in [1.82, 2.24) is 9.97 Å². The minimum absolute atomic E-state index is 0.151. The normalized spacial score (nSPS) is 19.1. The molecular weight excluding hydrogens is 340 g/mol. The third-order valence-corrected chi connectivity index (χ3v) is 6.66. The first-order chi connectivity index (χ1) is 11.6. The standard InChI is InChI=1S/C18H20N2O2S2/c1-4-18(17(21)22-5-2)10-14-15(19-11-20-16(14)24-18)23-13-8-6-12(3)7-9-13/h6-9,11H,4-5,10H2,1-3H3. The first kappa shape index (κ1) is 17.3. The molecule has 0 radical (unpaired) electrons. The molecule has 1 aliphatic heterocycles. The van der Waals surface area contributed by atoms with Crippen LogP contribution in [0.3, 0.4) is 0 Å². The Kier molecular flexibility index (Phi) is 5.15. The smallest absolute Gasteiger partial charge is 0.322 e. The maximum absolute atomic E-state index is 12.5. The van der Waals surface area contributed by atoms with Gasteiger partial charge in [0, 0.05) is 16.9 Å². The highest BCUT2D eigenvalue weighted by atomic mass is 32.2. The number of ether oxygens (including phenoxy) is 1. The van der Waals surface area contributed by atoms with E-state index in [0.29, 0.717) is 19.4 Å². The van der Waals surface area contributed by atoms with Gasteiger partial charge in [-0.3, -0.25) is 4.79 Å². The number of hydrogen-bond donors (Lipinski definition) is 0. The van der Waals surface area contributed by atoms with Crippen molar-refractivity contribution in [3.05, 3.63) is 41.7 Å². The Hall–Kier alpha value is -1.53. The molecule has 4 nitrogen and oxygen atoms in total. The number of carbonyl (C=O) groups excluding carboxylic acids is 1. The average molecular weight is 361 g/mol. The fourth-order valence-electron chi connectivity index (χ4n) is 2.65. The molecule has 3 rings (SSSR count). The van der Waals surface area contributed by atoms with E-state index < -0.39 is 4.75 Å². The summed E-state index contributed by atoms with van der Waals surface area (Å²) in [6.45, 7) is 6.33. The molecule has 0 saturated carbocycles. The zero-order valence-corrected chi connectivity index (χ0v) is 15.7. The van der Waals surface area contributed by atoms with Crippen molar-refractivity contribution < 1.29 is 9.53 Å². The second-order valence-electron chi connectivity index (χ2n) is 5.72. The van der Waals surface area contributed by atoms with Gasteiger partial charge in [0.05, 0.1) is 6.61 Å². The zero-order valence-electron chi connectivity index (χ0n) is 14.0. The van der Waals surface area contributed by atoms with Crippen LogP contribution in [-0.2, 0) is 16.0 Å². The SMILES string of the molecule is CCOC(=O)C1(CC)Cc2c(Sc3ccc(C)cc3)ncnc2S1. The number of nitrogens with zero attached hydrogens (tertiary/aromatic N) is 2. The first-order valence-electron chi connectivity index (χ1n) is 8.02. The van der Waals surface area contributed by atoms with E-state index in [9.17, 15) is 4.79 Å². The number of esters is 1. The Morgan fingerprint density at radius 1 is 1.29 bits per heavy atom. The van der Waals surface area contributed by atoms with E-state index in [1.54, 1.807) is 18.1 Å². The van der Waals surface area contributed by atoms with Gasteiger partial charge in [0.15, 0.2) is 0 Å². The highest BCUT2D eigenvalue weighted by Gasteiger charge is 2.46. The van der Waals surface area contributed by atoms with Crippen LogP contribution in [0, 0.1) is 6.92 Å². The minimum Gasteiger partial charge on any atom is -0.465 e. The van der Waals surface area contributed by atoms with Crippen molar-refractivity contribution in [3.8, 4) is 0 Å². The van der Waals surface area contributed by atoms with Gasteiger partial charge in [-0.15, -0.1) is 0 Å². The third kappa shape index (κ3) is 3.30. The van der Waals surface area contributed by atoms with Crippen molar-refractivity contribution in [2.75, 3.05) is 6.61 Å². The average Bonchev–Trinajstić information content (AvgIpc) is 2.98. The molecule has 0 fully saturated rings. The molecule has 1 unspecified atom stereocenters. The van der Waals surface area contributed by atoms with E-state index in [1.807, 2.05) is 13.8 Å². The molecule has 6 heteroatoms. The Balaban J connectivity index is 1.89. The molecule has 0 bridgehead atoms. The number of aryl methyl sites for hydroxylation is 1. The number of thioether (sulfide) groups is 1. The molecule has 2 heterocycles. The van der Waals surface area contributed by atoms with Crippen molar-refractivity contribution in [1.29, 1.82) is 0 Å². The van der Waals surface area contributed by atoms with Crippen molar-refractivity contribution >= 4 is 29.5 Å². The largest absolute Gasteiger partial charge is 0.465 e. The molecule has 0 saturated heterocycles. The van der Waals surface area contributed by atoms with E-state index in [-0.39, 0.29) is 5.97 Å². The minimum atomic E-state index is -0.572. The van der Waals surface area contributed by atoms with Crippen LogP contribution in [0.2, 0.25) is 0 Å². The molecule has 1 aromatic heterocycles. The van der Waals surface area contributed by atoms with Gasteiger partial charge in [-0.2, -0.15) is 0 Å². The fraction of sp³-hybridized carbons (Fsp3) is 0.389. The number of carbonyl (C=O) groups is 1. The van der Waals surface area contributed by atoms with Crippen LogP contribution in [0.25, 0.3) is 0 Å². The van der Waals surface area contributed by atoms with Crippen LogP contribution >= 0.6 is 23.5 Å². The maximum Gasteiger partial charge on any atom is 0.322 e. The molecule has 0 aliphatic carbocycles. The summed E-state index contributed by atoms with van der Waals surface area (Å²) >= 11 is 3.14. The Morgan fingerprint density at radius 3 is 2.71 bits per heavy atom. The van der Waals surface area contributed by atoms with Crippen LogP contribution in [0.4, 0.5) is 0 Å². The van der Waals surface area contributed by atoms with E-state index in [0.717, 1.165) is 20.5 Å². The second-order valence-corrected chi connectivity index (χ2v) is 8.16. The molecule has 1 atom stereocenters. The van der Waals surface area contributed by atoms with Crippen LogP contribution in [0.15, 0.2) is 45.5 Å². The summed E-state index contributed by atoms with van der Waals surface area (Å²) < 4.78 is 4.74. The van der Waals surface area contributed by atoms with Gasteiger partial charge in [-0.25, -0.2) is 9.97 Å². The lowest BCUT2D eigenvalue weighted by Crippen LogP contribution is -2.36. The second kappa shape index (κ2) is 7.15. The van der Waals surface area contributed by atoms with Crippen LogP contribution in [0.5, 0.6) is 0 Å². The van der Waals surface area contributed by atoms with Gasteiger partial charge in [0.2, 0.25) is 0 Å². The fourth-order valence-corrected chi connectivity index (χ4v) is 4.87. The maximum atomic E-state index is 12.5. The summed E-state index contributed by atoms with van der Waals surface area (Å²) in [4.78, 5) is 22.5. The lowest BCUT2D eigenvalue weighted by atomic mass is 9.98. The Bertz CT molecular complexity index is 749. The van der Waals surface area contributed by atoms with E-state index in [4.69, 9.17) is 4.74 Å². The number of aromatic nitrogens is 2. The van der Waals surface area contributed by atoms with E-state index in [1.165, 1.54) is 17.3 Å². The predicted octanol–water partition coefficient (Wildman–Crippen LogP) is 4.30. The summed E-state index contributed by atoms with van der Waals surface area (Å²) in [6.07, 6.45) is 2.91. The van der Waals surface area contributed by atoms with Crippen LogP contribution < -0.4 is 0 Å². The molecule has 2 aromatic rings. The molecule has 1 aliphatic rings. The first-order valence-corrected chi connectivity index (χ1v) is 9.66. The van der Waals surface area contributed by atoms with Crippen molar-refractivity contribution in [2.24, 2.45) is 0 Å². The predicted molar refractivity (Wildman–Crippen MR) is 96.6 cm³/mol. The lowest BCUT2D eigenvalue weighted by molar-refractivity contribution is -0.146. The van der Waals surface area contributed by atoms with Crippen molar-refractivity contribution in [2.45, 2.75) is 53.3 Å². The highest BCUT2D eigenvalue weighted by molar-refractivity contribution is 8.02. The summed E-state index contributed by atoms with van der Waals surface area (Å²) in [5.41, 5.74) is 2.29. The van der Waals surface area contributed by atoms with Gasteiger partial charge in [0.25, 0.3) is 0 Å². The summed E-state index contributed by atoms with van der Waals surface area (Å²) in [5.74, 6) is -0.151. The Labute approximate surface area is 150 Å². The van der Waals surface area contributed by atoms with Crippen LogP contribution in [-0.4, -0.2) is 27.3 Å².